The third-order valence-corrected chi connectivity index (χ3v) is 2.19. The maximum absolute atomic E-state index is 12.6. The van der Waals surface area contributed by atoms with E-state index in [1.807, 2.05) is 0 Å². The fraction of sp³-hybridized carbons (Fsp3) is 0.538. The van der Waals surface area contributed by atoms with Crippen LogP contribution in [0, 0.1) is 11.7 Å². The molecule has 0 spiro atoms. The summed E-state index contributed by atoms with van der Waals surface area (Å²) >= 11 is 0. The Morgan fingerprint density at radius 2 is 1.81 bits per heavy atom. The molecule has 0 heterocycles. The van der Waals surface area contributed by atoms with E-state index >= 15 is 0 Å². The Morgan fingerprint density at radius 1 is 1.19 bits per heavy atom. The Labute approximate surface area is 96.8 Å². The van der Waals surface area contributed by atoms with Gasteiger partial charge in [-0.3, -0.25) is 0 Å². The van der Waals surface area contributed by atoms with Crippen LogP contribution in [0.1, 0.15) is 20.8 Å². The number of halogens is 1. The third-order valence-electron chi connectivity index (χ3n) is 2.19. The van der Waals surface area contributed by atoms with Crippen LogP contribution in [0.15, 0.2) is 24.3 Å². The zero-order chi connectivity index (χ0) is 12.0. The second kappa shape index (κ2) is 6.48. The number of nitrogens with one attached hydrogen (secondary N) is 1. The SMILES string of the molecule is CC(C)CNC(C)COc1ccc(F)cc1. The van der Waals surface area contributed by atoms with Gasteiger partial charge >= 0.3 is 0 Å². The van der Waals surface area contributed by atoms with Crippen molar-refractivity contribution in [3.05, 3.63) is 30.1 Å². The molecule has 16 heavy (non-hydrogen) atoms. The summed E-state index contributed by atoms with van der Waals surface area (Å²) in [4.78, 5) is 0. The second-order valence-corrected chi connectivity index (χ2v) is 4.47. The minimum atomic E-state index is -0.238. The van der Waals surface area contributed by atoms with Crippen molar-refractivity contribution >= 4 is 0 Å². The van der Waals surface area contributed by atoms with Crippen LogP contribution in [0.3, 0.4) is 0 Å². The zero-order valence-corrected chi connectivity index (χ0v) is 10.2. The molecule has 1 rings (SSSR count). The Hall–Kier alpha value is -1.09. The molecule has 0 amide bonds. The highest BCUT2D eigenvalue weighted by atomic mass is 19.1. The maximum Gasteiger partial charge on any atom is 0.123 e. The summed E-state index contributed by atoms with van der Waals surface area (Å²) in [6.07, 6.45) is 0. The minimum Gasteiger partial charge on any atom is -0.492 e. The topological polar surface area (TPSA) is 21.3 Å². The van der Waals surface area contributed by atoms with Crippen LogP contribution in [-0.2, 0) is 0 Å². The van der Waals surface area contributed by atoms with Gasteiger partial charge in [0.05, 0.1) is 0 Å². The van der Waals surface area contributed by atoms with Crippen molar-refractivity contribution in [2.45, 2.75) is 26.8 Å². The highest BCUT2D eigenvalue weighted by Gasteiger charge is 2.03. The molecule has 0 radical (unpaired) electrons. The molecule has 0 bridgehead atoms. The summed E-state index contributed by atoms with van der Waals surface area (Å²) in [5.41, 5.74) is 0. The first-order chi connectivity index (χ1) is 7.58. The van der Waals surface area contributed by atoms with E-state index in [1.165, 1.54) is 12.1 Å². The van der Waals surface area contributed by atoms with E-state index in [2.05, 4.69) is 26.1 Å². The molecule has 2 nitrogen and oxygen atoms in total. The maximum atomic E-state index is 12.6. The molecule has 90 valence electrons. The molecule has 1 N–H and O–H groups in total. The molecular formula is C13H20FNO. The summed E-state index contributed by atoms with van der Waals surface area (Å²) in [6.45, 7) is 7.99. The van der Waals surface area contributed by atoms with Crippen molar-refractivity contribution in [1.82, 2.24) is 5.32 Å². The molecule has 0 fully saturated rings. The van der Waals surface area contributed by atoms with Crippen molar-refractivity contribution in [2.24, 2.45) is 5.92 Å². The first-order valence-electron chi connectivity index (χ1n) is 5.69. The van der Waals surface area contributed by atoms with Gasteiger partial charge in [-0.05, 0) is 43.7 Å². The lowest BCUT2D eigenvalue weighted by atomic mass is 10.2. The van der Waals surface area contributed by atoms with Gasteiger partial charge < -0.3 is 10.1 Å². The monoisotopic (exact) mass is 225 g/mol. The summed E-state index contributed by atoms with van der Waals surface area (Å²) in [6, 6.07) is 6.39. The molecule has 0 aliphatic rings. The first kappa shape index (κ1) is 13.0. The van der Waals surface area contributed by atoms with Crippen LogP contribution in [0.5, 0.6) is 5.75 Å². The van der Waals surface area contributed by atoms with Gasteiger partial charge in [-0.2, -0.15) is 0 Å². The fourth-order valence-corrected chi connectivity index (χ4v) is 1.25. The summed E-state index contributed by atoms with van der Waals surface area (Å²) < 4.78 is 18.2. The van der Waals surface area contributed by atoms with Gasteiger partial charge in [0, 0.05) is 6.04 Å². The molecular weight excluding hydrogens is 205 g/mol. The normalized spacial score (nSPS) is 12.8. The summed E-state index contributed by atoms with van der Waals surface area (Å²) in [5, 5.41) is 3.36. The van der Waals surface area contributed by atoms with E-state index in [-0.39, 0.29) is 5.82 Å². The molecule has 0 aliphatic heterocycles. The standard InChI is InChI=1S/C13H20FNO/c1-10(2)8-15-11(3)9-16-13-6-4-12(14)5-7-13/h4-7,10-11,15H,8-9H2,1-3H3. The molecule has 1 aromatic carbocycles. The van der Waals surface area contributed by atoms with Crippen molar-refractivity contribution in [3.8, 4) is 5.75 Å². The second-order valence-electron chi connectivity index (χ2n) is 4.47. The predicted octanol–water partition coefficient (Wildman–Crippen LogP) is 2.84. The van der Waals surface area contributed by atoms with Gasteiger partial charge in [0.25, 0.3) is 0 Å². The molecule has 1 aromatic rings. The Kier molecular flexibility index (Phi) is 5.26. The number of rotatable bonds is 6. The summed E-state index contributed by atoms with van der Waals surface area (Å²) in [7, 11) is 0. The van der Waals surface area contributed by atoms with Gasteiger partial charge in [0.2, 0.25) is 0 Å². The van der Waals surface area contributed by atoms with E-state index in [0.717, 1.165) is 6.54 Å². The molecule has 0 saturated carbocycles. The molecule has 0 aliphatic carbocycles. The van der Waals surface area contributed by atoms with E-state index < -0.39 is 0 Å². The average Bonchev–Trinajstić information content (AvgIpc) is 2.25. The smallest absolute Gasteiger partial charge is 0.123 e. The Morgan fingerprint density at radius 3 is 2.38 bits per heavy atom. The van der Waals surface area contributed by atoms with Crippen LogP contribution in [0.4, 0.5) is 4.39 Å². The van der Waals surface area contributed by atoms with Crippen LogP contribution in [-0.4, -0.2) is 19.2 Å². The van der Waals surface area contributed by atoms with Crippen LogP contribution in [0.25, 0.3) is 0 Å². The van der Waals surface area contributed by atoms with Gasteiger partial charge in [0.1, 0.15) is 18.2 Å². The van der Waals surface area contributed by atoms with Gasteiger partial charge in [0.15, 0.2) is 0 Å². The van der Waals surface area contributed by atoms with Gasteiger partial charge in [-0.15, -0.1) is 0 Å². The van der Waals surface area contributed by atoms with Gasteiger partial charge in [-0.25, -0.2) is 4.39 Å². The predicted molar refractivity (Wildman–Crippen MR) is 64.2 cm³/mol. The molecule has 0 saturated heterocycles. The number of benzene rings is 1. The zero-order valence-electron chi connectivity index (χ0n) is 10.2. The van der Waals surface area contributed by atoms with E-state index in [4.69, 9.17) is 4.74 Å². The average molecular weight is 225 g/mol. The summed E-state index contributed by atoms with van der Waals surface area (Å²) in [5.74, 6) is 1.10. The van der Waals surface area contributed by atoms with E-state index in [9.17, 15) is 4.39 Å². The van der Waals surface area contributed by atoms with E-state index in [0.29, 0.717) is 24.3 Å². The number of hydrogen-bond donors (Lipinski definition) is 1. The lowest BCUT2D eigenvalue weighted by Gasteiger charge is -2.16. The Balaban J connectivity index is 2.26. The molecule has 1 atom stereocenters. The minimum absolute atomic E-state index is 0.238. The third kappa shape index (κ3) is 5.12. The molecule has 0 aromatic heterocycles. The van der Waals surface area contributed by atoms with Crippen molar-refractivity contribution in [1.29, 1.82) is 0 Å². The van der Waals surface area contributed by atoms with E-state index in [1.54, 1.807) is 12.1 Å². The van der Waals surface area contributed by atoms with Crippen molar-refractivity contribution in [2.75, 3.05) is 13.2 Å². The first-order valence-corrected chi connectivity index (χ1v) is 5.69. The van der Waals surface area contributed by atoms with Crippen molar-refractivity contribution in [3.63, 3.8) is 0 Å². The fourth-order valence-electron chi connectivity index (χ4n) is 1.25. The Bertz CT molecular complexity index is 297. The quantitative estimate of drug-likeness (QED) is 0.803. The molecule has 1 unspecified atom stereocenters. The lowest BCUT2D eigenvalue weighted by molar-refractivity contribution is 0.269. The van der Waals surface area contributed by atoms with Crippen LogP contribution < -0.4 is 10.1 Å². The number of ether oxygens (including phenoxy) is 1. The van der Waals surface area contributed by atoms with Crippen LogP contribution in [0.2, 0.25) is 0 Å². The highest BCUT2D eigenvalue weighted by molar-refractivity contribution is 5.22. The lowest BCUT2D eigenvalue weighted by Crippen LogP contribution is -2.34. The highest BCUT2D eigenvalue weighted by Crippen LogP contribution is 2.11. The number of hydrogen-bond acceptors (Lipinski definition) is 2. The van der Waals surface area contributed by atoms with Crippen LogP contribution >= 0.6 is 0 Å². The van der Waals surface area contributed by atoms with Gasteiger partial charge in [-0.1, -0.05) is 13.8 Å². The van der Waals surface area contributed by atoms with Crippen molar-refractivity contribution < 1.29 is 9.13 Å². The largest absolute Gasteiger partial charge is 0.492 e. The molecule has 3 heteroatoms.